The monoisotopic (exact) mass is 358 g/mol. The van der Waals surface area contributed by atoms with Crippen LogP contribution in [-0.4, -0.2) is 22.6 Å². The smallest absolute Gasteiger partial charge is 0.276 e. The fourth-order valence-electron chi connectivity index (χ4n) is 3.33. The lowest BCUT2D eigenvalue weighted by Gasteiger charge is -2.29. The van der Waals surface area contributed by atoms with Crippen molar-refractivity contribution in [1.29, 1.82) is 0 Å². The number of benzene rings is 2. The van der Waals surface area contributed by atoms with Crippen molar-refractivity contribution in [2.75, 3.05) is 16.8 Å². The molecule has 1 aliphatic rings. The molecular weight excluding hydrogens is 336 g/mol. The molecule has 0 aliphatic carbocycles. The van der Waals surface area contributed by atoms with Gasteiger partial charge in [-0.15, -0.1) is 10.2 Å². The number of nitrogens with one attached hydrogen (secondary N) is 1. The maximum absolute atomic E-state index is 12.4. The minimum atomic E-state index is -0.248. The van der Waals surface area contributed by atoms with Gasteiger partial charge in [-0.2, -0.15) is 0 Å². The summed E-state index contributed by atoms with van der Waals surface area (Å²) in [6.45, 7) is 3.83. The van der Waals surface area contributed by atoms with Crippen LogP contribution in [0.3, 0.4) is 0 Å². The van der Waals surface area contributed by atoms with Crippen LogP contribution in [-0.2, 0) is 19.4 Å². The van der Waals surface area contributed by atoms with Gasteiger partial charge in [0, 0.05) is 18.8 Å². The fourth-order valence-corrected chi connectivity index (χ4v) is 3.33. The van der Waals surface area contributed by atoms with E-state index in [1.54, 1.807) is 6.07 Å². The summed E-state index contributed by atoms with van der Waals surface area (Å²) in [5.41, 5.74) is 5.03. The predicted molar refractivity (Wildman–Crippen MR) is 107 cm³/mol. The Labute approximate surface area is 159 Å². The van der Waals surface area contributed by atoms with E-state index in [4.69, 9.17) is 0 Å². The lowest BCUT2D eigenvalue weighted by atomic mass is 10.00. The van der Waals surface area contributed by atoms with E-state index in [9.17, 15) is 4.79 Å². The van der Waals surface area contributed by atoms with E-state index in [1.165, 1.54) is 16.7 Å². The molecule has 0 spiro atoms. The van der Waals surface area contributed by atoms with Gasteiger partial charge < -0.3 is 10.2 Å². The normalized spacial score (nSPS) is 13.1. The Kier molecular flexibility index (Phi) is 4.83. The Balaban J connectivity index is 1.43. The molecule has 3 aromatic rings. The zero-order valence-electron chi connectivity index (χ0n) is 15.4. The molecule has 0 saturated carbocycles. The van der Waals surface area contributed by atoms with E-state index in [2.05, 4.69) is 51.6 Å². The topological polar surface area (TPSA) is 58.1 Å². The summed E-state index contributed by atoms with van der Waals surface area (Å²) >= 11 is 0. The van der Waals surface area contributed by atoms with Crippen molar-refractivity contribution >= 4 is 17.4 Å². The van der Waals surface area contributed by atoms with Crippen molar-refractivity contribution in [3.63, 3.8) is 0 Å². The van der Waals surface area contributed by atoms with Crippen LogP contribution in [0.2, 0.25) is 0 Å². The van der Waals surface area contributed by atoms with Crippen molar-refractivity contribution in [2.45, 2.75) is 26.3 Å². The van der Waals surface area contributed by atoms with E-state index in [1.807, 2.05) is 30.3 Å². The molecule has 5 nitrogen and oxygen atoms in total. The van der Waals surface area contributed by atoms with Crippen LogP contribution in [0.15, 0.2) is 60.7 Å². The van der Waals surface area contributed by atoms with Crippen molar-refractivity contribution in [2.24, 2.45) is 0 Å². The average molecular weight is 358 g/mol. The van der Waals surface area contributed by atoms with Crippen LogP contribution in [0.1, 0.15) is 34.1 Å². The van der Waals surface area contributed by atoms with Crippen molar-refractivity contribution < 1.29 is 4.79 Å². The van der Waals surface area contributed by atoms with E-state index in [0.717, 1.165) is 37.4 Å². The summed E-state index contributed by atoms with van der Waals surface area (Å²) in [4.78, 5) is 14.6. The summed E-state index contributed by atoms with van der Waals surface area (Å²) in [6, 6.07) is 19.9. The first-order valence-electron chi connectivity index (χ1n) is 9.28. The second-order valence-electron chi connectivity index (χ2n) is 6.72. The van der Waals surface area contributed by atoms with Crippen LogP contribution in [0.25, 0.3) is 0 Å². The van der Waals surface area contributed by atoms with Gasteiger partial charge in [-0.1, -0.05) is 43.3 Å². The number of hydrogen-bond acceptors (Lipinski definition) is 4. The Morgan fingerprint density at radius 3 is 2.48 bits per heavy atom. The molecule has 0 unspecified atom stereocenters. The highest BCUT2D eigenvalue weighted by atomic mass is 16.1. The first-order valence-corrected chi connectivity index (χ1v) is 9.28. The summed E-state index contributed by atoms with van der Waals surface area (Å²) in [6.07, 6.45) is 1.97. The standard InChI is InChI=1S/C22H22N4O/c1-2-16-7-9-19(10-8-16)23-22(27)20-11-12-21(25-24-20)26-14-13-17-5-3-4-6-18(17)15-26/h3-12H,2,13-15H2,1H3,(H,23,27). The third-order valence-electron chi connectivity index (χ3n) is 4.96. The molecule has 0 atom stereocenters. The Bertz CT molecular complexity index is 935. The lowest BCUT2D eigenvalue weighted by molar-refractivity contribution is 0.102. The van der Waals surface area contributed by atoms with Crippen molar-refractivity contribution in [3.8, 4) is 0 Å². The van der Waals surface area contributed by atoms with Crippen LogP contribution >= 0.6 is 0 Å². The largest absolute Gasteiger partial charge is 0.350 e. The molecule has 1 aromatic heterocycles. The van der Waals surface area contributed by atoms with Crippen LogP contribution in [0.4, 0.5) is 11.5 Å². The SMILES string of the molecule is CCc1ccc(NC(=O)c2ccc(N3CCc4ccccc4C3)nn2)cc1. The Morgan fingerprint density at radius 1 is 1.00 bits per heavy atom. The van der Waals surface area contributed by atoms with Gasteiger partial charge in [-0.05, 0) is 53.8 Å². The highest BCUT2D eigenvalue weighted by Crippen LogP contribution is 2.22. The number of anilines is 2. The molecular formula is C22H22N4O. The highest BCUT2D eigenvalue weighted by Gasteiger charge is 2.18. The van der Waals surface area contributed by atoms with Crippen LogP contribution < -0.4 is 10.2 Å². The van der Waals surface area contributed by atoms with Gasteiger partial charge in [0.1, 0.15) is 0 Å². The molecule has 0 bridgehead atoms. The summed E-state index contributed by atoms with van der Waals surface area (Å²) in [5, 5.41) is 11.3. The van der Waals surface area contributed by atoms with Gasteiger partial charge in [0.25, 0.3) is 5.91 Å². The minimum Gasteiger partial charge on any atom is -0.350 e. The zero-order chi connectivity index (χ0) is 18.6. The molecule has 1 N–H and O–H groups in total. The number of fused-ring (bicyclic) bond motifs is 1. The predicted octanol–water partition coefficient (Wildman–Crippen LogP) is 3.85. The lowest BCUT2D eigenvalue weighted by Crippen LogP contribution is -2.31. The zero-order valence-corrected chi connectivity index (χ0v) is 15.4. The molecule has 1 amide bonds. The van der Waals surface area contributed by atoms with E-state index in [-0.39, 0.29) is 5.91 Å². The molecule has 1 aliphatic heterocycles. The van der Waals surface area contributed by atoms with E-state index in [0.29, 0.717) is 5.69 Å². The second-order valence-corrected chi connectivity index (χ2v) is 6.72. The van der Waals surface area contributed by atoms with Crippen molar-refractivity contribution in [3.05, 3.63) is 83.0 Å². The number of amides is 1. The summed E-state index contributed by atoms with van der Waals surface area (Å²) < 4.78 is 0. The first kappa shape index (κ1) is 17.2. The second kappa shape index (κ2) is 7.58. The van der Waals surface area contributed by atoms with Crippen LogP contribution in [0, 0.1) is 0 Å². The number of aryl methyl sites for hydroxylation is 1. The maximum Gasteiger partial charge on any atom is 0.276 e. The summed E-state index contributed by atoms with van der Waals surface area (Å²) in [7, 11) is 0. The molecule has 2 aromatic carbocycles. The van der Waals surface area contributed by atoms with Gasteiger partial charge in [-0.25, -0.2) is 0 Å². The van der Waals surface area contributed by atoms with Crippen molar-refractivity contribution in [1.82, 2.24) is 10.2 Å². The summed E-state index contributed by atoms with van der Waals surface area (Å²) in [5.74, 6) is 0.552. The van der Waals surface area contributed by atoms with Gasteiger partial charge in [0.15, 0.2) is 11.5 Å². The number of hydrogen-bond donors (Lipinski definition) is 1. The number of rotatable bonds is 4. The van der Waals surface area contributed by atoms with Gasteiger partial charge in [-0.3, -0.25) is 4.79 Å². The average Bonchev–Trinajstić information content (AvgIpc) is 2.74. The number of aromatic nitrogens is 2. The number of carbonyl (C=O) groups excluding carboxylic acids is 1. The molecule has 0 radical (unpaired) electrons. The van der Waals surface area contributed by atoms with E-state index < -0.39 is 0 Å². The Morgan fingerprint density at radius 2 is 1.78 bits per heavy atom. The van der Waals surface area contributed by atoms with Gasteiger partial charge >= 0.3 is 0 Å². The highest BCUT2D eigenvalue weighted by molar-refractivity contribution is 6.02. The van der Waals surface area contributed by atoms with E-state index >= 15 is 0 Å². The molecule has 0 fully saturated rings. The Hall–Kier alpha value is -3.21. The quantitative estimate of drug-likeness (QED) is 0.769. The molecule has 5 heteroatoms. The number of nitrogens with zero attached hydrogens (tertiary/aromatic N) is 3. The van der Waals surface area contributed by atoms with Gasteiger partial charge in [0.2, 0.25) is 0 Å². The minimum absolute atomic E-state index is 0.248. The van der Waals surface area contributed by atoms with Crippen LogP contribution in [0.5, 0.6) is 0 Å². The molecule has 27 heavy (non-hydrogen) atoms. The molecule has 4 rings (SSSR count). The molecule has 136 valence electrons. The molecule has 2 heterocycles. The first-order chi connectivity index (χ1) is 13.2. The molecule has 0 saturated heterocycles. The van der Waals surface area contributed by atoms with Gasteiger partial charge in [0.05, 0.1) is 0 Å². The fraction of sp³-hybridized carbons (Fsp3) is 0.227. The third-order valence-corrected chi connectivity index (χ3v) is 4.96. The third kappa shape index (κ3) is 3.82. The maximum atomic E-state index is 12.4. The number of carbonyl (C=O) groups is 1.